The number of piperidine rings is 1. The quantitative estimate of drug-likeness (QED) is 0.814. The Morgan fingerprint density at radius 1 is 1.47 bits per heavy atom. The van der Waals surface area contributed by atoms with Crippen molar-refractivity contribution in [2.75, 3.05) is 25.4 Å². The summed E-state index contributed by atoms with van der Waals surface area (Å²) in [6.45, 7) is 5.10. The van der Waals surface area contributed by atoms with Crippen LogP contribution in [0.25, 0.3) is 0 Å². The predicted octanol–water partition coefficient (Wildman–Crippen LogP) is 1.87. The van der Waals surface area contributed by atoms with Crippen LogP contribution in [0.15, 0.2) is 24.3 Å². The van der Waals surface area contributed by atoms with Crippen molar-refractivity contribution in [1.29, 1.82) is 0 Å². The number of hydrogen-bond donors (Lipinski definition) is 2. The lowest BCUT2D eigenvalue weighted by Crippen LogP contribution is -2.46. The van der Waals surface area contributed by atoms with E-state index in [4.69, 9.17) is 5.73 Å². The molecule has 1 fully saturated rings. The smallest absolute Gasteiger partial charge is 0.251 e. The zero-order valence-electron chi connectivity index (χ0n) is 11.6. The minimum Gasteiger partial charge on any atom is -0.399 e. The summed E-state index contributed by atoms with van der Waals surface area (Å²) in [6, 6.07) is 7.58. The predicted molar refractivity (Wildman–Crippen MR) is 78.1 cm³/mol. The van der Waals surface area contributed by atoms with Gasteiger partial charge in [-0.1, -0.05) is 19.4 Å². The highest BCUT2D eigenvalue weighted by molar-refractivity contribution is 5.94. The Bertz CT molecular complexity index is 433. The van der Waals surface area contributed by atoms with Crippen molar-refractivity contribution < 1.29 is 4.79 Å². The zero-order chi connectivity index (χ0) is 13.7. The fraction of sp³-hybridized carbons (Fsp3) is 0.533. The highest BCUT2D eigenvalue weighted by Gasteiger charge is 2.21. The molecule has 0 aliphatic carbocycles. The van der Waals surface area contributed by atoms with Crippen molar-refractivity contribution in [2.24, 2.45) is 0 Å². The van der Waals surface area contributed by atoms with Crippen LogP contribution in [0.1, 0.15) is 36.5 Å². The first-order valence-corrected chi connectivity index (χ1v) is 7.08. The summed E-state index contributed by atoms with van der Waals surface area (Å²) in [4.78, 5) is 14.5. The van der Waals surface area contributed by atoms with E-state index in [1.807, 2.05) is 6.07 Å². The van der Waals surface area contributed by atoms with Crippen molar-refractivity contribution >= 4 is 11.6 Å². The number of nitrogens with one attached hydrogen (secondary N) is 1. The maximum absolute atomic E-state index is 12.0. The van der Waals surface area contributed by atoms with Crippen LogP contribution in [0.2, 0.25) is 0 Å². The molecule has 1 aromatic rings. The van der Waals surface area contributed by atoms with E-state index in [2.05, 4.69) is 17.1 Å². The number of benzene rings is 1. The molecule has 104 valence electrons. The Hall–Kier alpha value is -1.55. The summed E-state index contributed by atoms with van der Waals surface area (Å²) in [5, 5.41) is 3.02. The second-order valence-electron chi connectivity index (χ2n) is 5.11. The van der Waals surface area contributed by atoms with Crippen molar-refractivity contribution in [3.8, 4) is 0 Å². The number of nitrogens with two attached hydrogens (primary N) is 1. The number of nitrogens with zero attached hydrogens (tertiary/aromatic N) is 1. The van der Waals surface area contributed by atoms with Crippen LogP contribution in [0, 0.1) is 0 Å². The van der Waals surface area contributed by atoms with Gasteiger partial charge in [0, 0.05) is 23.8 Å². The number of rotatable bonds is 4. The van der Waals surface area contributed by atoms with E-state index in [1.165, 1.54) is 19.3 Å². The lowest BCUT2D eigenvalue weighted by Gasteiger charge is -2.34. The third-order valence-electron chi connectivity index (χ3n) is 3.80. The number of amides is 1. The molecule has 1 heterocycles. The molecule has 2 rings (SSSR count). The fourth-order valence-electron chi connectivity index (χ4n) is 2.70. The van der Waals surface area contributed by atoms with Crippen LogP contribution in [0.5, 0.6) is 0 Å². The van der Waals surface area contributed by atoms with Crippen LogP contribution in [-0.4, -0.2) is 36.5 Å². The summed E-state index contributed by atoms with van der Waals surface area (Å²) >= 11 is 0. The molecule has 1 unspecified atom stereocenters. The van der Waals surface area contributed by atoms with Gasteiger partial charge >= 0.3 is 0 Å². The number of carbonyl (C=O) groups is 1. The minimum absolute atomic E-state index is 0.0334. The average molecular weight is 261 g/mol. The Balaban J connectivity index is 1.89. The number of likely N-dealkylation sites (tertiary alicyclic amines) is 1. The molecule has 19 heavy (non-hydrogen) atoms. The molecule has 1 atom stereocenters. The van der Waals surface area contributed by atoms with Crippen LogP contribution >= 0.6 is 0 Å². The van der Waals surface area contributed by atoms with Gasteiger partial charge in [0.25, 0.3) is 5.91 Å². The maximum Gasteiger partial charge on any atom is 0.251 e. The van der Waals surface area contributed by atoms with E-state index in [0.29, 0.717) is 17.3 Å². The molecule has 1 amide bonds. The van der Waals surface area contributed by atoms with Crippen LogP contribution in [0.3, 0.4) is 0 Å². The van der Waals surface area contributed by atoms with Gasteiger partial charge in [0.1, 0.15) is 0 Å². The summed E-state index contributed by atoms with van der Waals surface area (Å²) in [7, 11) is 0. The first kappa shape index (κ1) is 13.9. The van der Waals surface area contributed by atoms with Gasteiger partial charge in [0.2, 0.25) is 0 Å². The van der Waals surface area contributed by atoms with Crippen molar-refractivity contribution in [2.45, 2.75) is 32.2 Å². The molecule has 3 N–H and O–H groups in total. The molecular formula is C15H23N3O. The molecule has 0 saturated carbocycles. The number of carbonyl (C=O) groups excluding carboxylic acids is 1. The summed E-state index contributed by atoms with van der Waals surface area (Å²) in [5.74, 6) is -0.0334. The zero-order valence-corrected chi connectivity index (χ0v) is 11.6. The van der Waals surface area contributed by atoms with Crippen molar-refractivity contribution in [1.82, 2.24) is 10.2 Å². The molecule has 4 heteroatoms. The molecule has 1 saturated heterocycles. The number of likely N-dealkylation sites (N-methyl/N-ethyl adjacent to an activating group) is 1. The topological polar surface area (TPSA) is 58.4 Å². The Kier molecular flexibility index (Phi) is 4.80. The van der Waals surface area contributed by atoms with Gasteiger partial charge in [0.15, 0.2) is 0 Å². The minimum atomic E-state index is -0.0334. The average Bonchev–Trinajstić information content (AvgIpc) is 2.45. The van der Waals surface area contributed by atoms with E-state index in [1.54, 1.807) is 18.2 Å². The standard InChI is InChI=1S/C15H23N3O/c1-2-18-9-4-3-8-14(18)11-17-15(19)12-6-5-7-13(16)10-12/h5-7,10,14H,2-4,8-9,11,16H2,1H3,(H,17,19). The number of nitrogen functional groups attached to an aromatic ring is 1. The summed E-state index contributed by atoms with van der Waals surface area (Å²) < 4.78 is 0. The first-order chi connectivity index (χ1) is 9.20. The highest BCUT2D eigenvalue weighted by Crippen LogP contribution is 2.16. The normalized spacial score (nSPS) is 20.2. The van der Waals surface area contributed by atoms with Gasteiger partial charge in [0.05, 0.1) is 0 Å². The lowest BCUT2D eigenvalue weighted by molar-refractivity contribution is 0.0918. The van der Waals surface area contributed by atoms with Gasteiger partial charge in [-0.3, -0.25) is 9.69 Å². The third kappa shape index (κ3) is 3.70. The van der Waals surface area contributed by atoms with Crippen LogP contribution in [0.4, 0.5) is 5.69 Å². The van der Waals surface area contributed by atoms with Gasteiger partial charge < -0.3 is 11.1 Å². The maximum atomic E-state index is 12.0. The summed E-state index contributed by atoms with van der Waals surface area (Å²) in [5.41, 5.74) is 6.95. The SMILES string of the molecule is CCN1CCCCC1CNC(=O)c1cccc(N)c1. The molecule has 1 aliphatic heterocycles. The molecule has 0 aromatic heterocycles. The molecular weight excluding hydrogens is 238 g/mol. The Morgan fingerprint density at radius 2 is 2.32 bits per heavy atom. The second-order valence-corrected chi connectivity index (χ2v) is 5.11. The fourth-order valence-corrected chi connectivity index (χ4v) is 2.70. The highest BCUT2D eigenvalue weighted by atomic mass is 16.1. The molecule has 4 nitrogen and oxygen atoms in total. The van der Waals surface area contributed by atoms with Crippen molar-refractivity contribution in [3.05, 3.63) is 29.8 Å². The van der Waals surface area contributed by atoms with Gasteiger partial charge in [-0.25, -0.2) is 0 Å². The molecule has 0 spiro atoms. The Morgan fingerprint density at radius 3 is 3.05 bits per heavy atom. The first-order valence-electron chi connectivity index (χ1n) is 7.08. The largest absolute Gasteiger partial charge is 0.399 e. The van der Waals surface area contributed by atoms with Crippen molar-refractivity contribution in [3.63, 3.8) is 0 Å². The van der Waals surface area contributed by atoms with Gasteiger partial charge in [-0.2, -0.15) is 0 Å². The van der Waals surface area contributed by atoms with Gasteiger partial charge in [-0.05, 0) is 44.1 Å². The van der Waals surface area contributed by atoms with Gasteiger partial charge in [-0.15, -0.1) is 0 Å². The van der Waals surface area contributed by atoms with E-state index < -0.39 is 0 Å². The molecule has 1 aromatic carbocycles. The second kappa shape index (κ2) is 6.57. The number of hydrogen-bond acceptors (Lipinski definition) is 3. The molecule has 1 aliphatic rings. The number of anilines is 1. The van der Waals surface area contributed by atoms with E-state index in [-0.39, 0.29) is 5.91 Å². The van der Waals surface area contributed by atoms with E-state index in [0.717, 1.165) is 19.6 Å². The lowest BCUT2D eigenvalue weighted by atomic mass is 10.0. The van der Waals surface area contributed by atoms with Crippen LogP contribution in [-0.2, 0) is 0 Å². The monoisotopic (exact) mass is 261 g/mol. The van der Waals surface area contributed by atoms with E-state index >= 15 is 0 Å². The third-order valence-corrected chi connectivity index (χ3v) is 3.80. The van der Waals surface area contributed by atoms with E-state index in [9.17, 15) is 4.79 Å². The summed E-state index contributed by atoms with van der Waals surface area (Å²) in [6.07, 6.45) is 3.70. The molecule has 0 radical (unpaired) electrons. The molecule has 0 bridgehead atoms. The Labute approximate surface area is 115 Å². The van der Waals surface area contributed by atoms with Crippen LogP contribution < -0.4 is 11.1 Å².